The smallest absolute Gasteiger partial charge is 0.291 e. The van der Waals surface area contributed by atoms with Gasteiger partial charge in [-0.1, -0.05) is 0 Å². The van der Waals surface area contributed by atoms with Crippen molar-refractivity contribution in [3.05, 3.63) is 52.0 Å². The molecule has 0 aliphatic rings. The molecule has 0 aliphatic heterocycles. The van der Waals surface area contributed by atoms with E-state index in [9.17, 15) is 14.9 Å². The van der Waals surface area contributed by atoms with Crippen molar-refractivity contribution in [2.75, 3.05) is 12.4 Å². The van der Waals surface area contributed by atoms with Crippen molar-refractivity contribution in [1.29, 1.82) is 0 Å². The number of methoxy groups -OCH3 is 1. The van der Waals surface area contributed by atoms with Gasteiger partial charge in [-0.05, 0) is 19.1 Å². The summed E-state index contributed by atoms with van der Waals surface area (Å²) in [6, 6.07) is 5.60. The van der Waals surface area contributed by atoms with Crippen LogP contribution in [0.5, 0.6) is 5.75 Å². The predicted molar refractivity (Wildman–Crippen MR) is 71.0 cm³/mol. The molecule has 0 atom stereocenters. The van der Waals surface area contributed by atoms with E-state index in [1.165, 1.54) is 31.6 Å². The second-order valence-corrected chi connectivity index (χ2v) is 4.03. The largest absolute Gasteiger partial charge is 0.495 e. The van der Waals surface area contributed by atoms with Gasteiger partial charge in [0.2, 0.25) is 0 Å². The number of nitrogens with one attached hydrogen (secondary N) is 1. The van der Waals surface area contributed by atoms with Gasteiger partial charge in [0.1, 0.15) is 5.75 Å². The fourth-order valence-electron chi connectivity index (χ4n) is 1.69. The van der Waals surface area contributed by atoms with Crippen LogP contribution < -0.4 is 10.1 Å². The van der Waals surface area contributed by atoms with Crippen LogP contribution in [0.25, 0.3) is 0 Å². The quantitative estimate of drug-likeness (QED) is 0.684. The van der Waals surface area contributed by atoms with E-state index < -0.39 is 10.8 Å². The zero-order valence-electron chi connectivity index (χ0n) is 10.9. The van der Waals surface area contributed by atoms with Crippen LogP contribution in [0.15, 0.2) is 34.9 Å². The van der Waals surface area contributed by atoms with Crippen LogP contribution in [0.1, 0.15) is 16.1 Å². The van der Waals surface area contributed by atoms with Crippen molar-refractivity contribution in [3.8, 4) is 5.75 Å². The molecule has 2 aromatic rings. The zero-order chi connectivity index (χ0) is 14.7. The second kappa shape index (κ2) is 5.43. The van der Waals surface area contributed by atoms with Crippen LogP contribution in [-0.2, 0) is 0 Å². The molecule has 1 amide bonds. The standard InChI is InChI=1S/C13H12N2O5/c1-8-5-6-20-12(8)13(16)14-10-7-9(15(17)18)3-4-11(10)19-2/h3-7H,1-2H3,(H,14,16). The highest BCUT2D eigenvalue weighted by Crippen LogP contribution is 2.29. The number of furan rings is 1. The lowest BCUT2D eigenvalue weighted by Crippen LogP contribution is -2.13. The molecule has 2 rings (SSSR count). The average molecular weight is 276 g/mol. The molecule has 0 unspecified atom stereocenters. The van der Waals surface area contributed by atoms with Crippen molar-refractivity contribution >= 4 is 17.3 Å². The Labute approximate surface area is 114 Å². The number of anilines is 1. The maximum Gasteiger partial charge on any atom is 0.291 e. The predicted octanol–water partition coefficient (Wildman–Crippen LogP) is 2.76. The highest BCUT2D eigenvalue weighted by atomic mass is 16.6. The number of nitro benzene ring substituents is 1. The normalized spacial score (nSPS) is 10.1. The number of rotatable bonds is 4. The van der Waals surface area contributed by atoms with Gasteiger partial charge < -0.3 is 14.5 Å². The number of hydrogen-bond donors (Lipinski definition) is 1. The number of nitro groups is 1. The molecule has 20 heavy (non-hydrogen) atoms. The molecule has 1 aromatic heterocycles. The van der Waals surface area contributed by atoms with E-state index in [4.69, 9.17) is 9.15 Å². The fourth-order valence-corrected chi connectivity index (χ4v) is 1.69. The molecule has 1 aromatic carbocycles. The lowest BCUT2D eigenvalue weighted by Gasteiger charge is -2.09. The first-order valence-electron chi connectivity index (χ1n) is 5.71. The summed E-state index contributed by atoms with van der Waals surface area (Å²) in [5.41, 5.74) is 0.742. The third-order valence-corrected chi connectivity index (χ3v) is 2.71. The molecule has 1 N–H and O–H groups in total. The minimum atomic E-state index is -0.548. The van der Waals surface area contributed by atoms with Crippen molar-refractivity contribution in [2.45, 2.75) is 6.92 Å². The van der Waals surface area contributed by atoms with Crippen molar-refractivity contribution in [3.63, 3.8) is 0 Å². The van der Waals surface area contributed by atoms with E-state index in [0.717, 1.165) is 0 Å². The van der Waals surface area contributed by atoms with Crippen LogP contribution >= 0.6 is 0 Å². The lowest BCUT2D eigenvalue weighted by atomic mass is 10.2. The van der Waals surface area contributed by atoms with Crippen molar-refractivity contribution in [2.24, 2.45) is 0 Å². The number of non-ortho nitro benzene ring substituents is 1. The topological polar surface area (TPSA) is 94.6 Å². The molecular weight excluding hydrogens is 264 g/mol. The molecule has 7 heteroatoms. The van der Waals surface area contributed by atoms with E-state index in [1.54, 1.807) is 13.0 Å². The van der Waals surface area contributed by atoms with Crippen LogP contribution in [0.2, 0.25) is 0 Å². The number of hydrogen-bond acceptors (Lipinski definition) is 5. The van der Waals surface area contributed by atoms with E-state index in [-0.39, 0.29) is 17.1 Å². The van der Waals surface area contributed by atoms with Gasteiger partial charge in [-0.2, -0.15) is 0 Å². The van der Waals surface area contributed by atoms with E-state index in [0.29, 0.717) is 11.3 Å². The molecule has 104 valence electrons. The molecule has 0 radical (unpaired) electrons. The molecule has 1 heterocycles. The van der Waals surface area contributed by atoms with Gasteiger partial charge in [-0.3, -0.25) is 14.9 Å². The Hall–Kier alpha value is -2.83. The monoisotopic (exact) mass is 276 g/mol. The molecule has 0 saturated heterocycles. The maximum atomic E-state index is 12.0. The SMILES string of the molecule is COc1ccc([N+](=O)[O-])cc1NC(=O)c1occc1C. The number of ether oxygens (including phenoxy) is 1. The first-order valence-corrected chi connectivity index (χ1v) is 5.71. The third kappa shape index (κ3) is 2.61. The summed E-state index contributed by atoms with van der Waals surface area (Å²) in [4.78, 5) is 22.2. The van der Waals surface area contributed by atoms with E-state index in [2.05, 4.69) is 5.32 Å². The van der Waals surface area contributed by atoms with Gasteiger partial charge in [0.25, 0.3) is 11.6 Å². The summed E-state index contributed by atoms with van der Waals surface area (Å²) >= 11 is 0. The second-order valence-electron chi connectivity index (χ2n) is 4.03. The van der Waals surface area contributed by atoms with Gasteiger partial charge >= 0.3 is 0 Å². The maximum absolute atomic E-state index is 12.0. The van der Waals surface area contributed by atoms with Crippen molar-refractivity contribution in [1.82, 2.24) is 0 Å². The van der Waals surface area contributed by atoms with Crippen LogP contribution in [0.4, 0.5) is 11.4 Å². The number of benzene rings is 1. The van der Waals surface area contributed by atoms with Gasteiger partial charge in [-0.25, -0.2) is 0 Å². The molecular formula is C13H12N2O5. The number of aryl methyl sites for hydroxylation is 1. The molecule has 0 fully saturated rings. The number of carbonyl (C=O) groups excluding carboxylic acids is 1. The Morgan fingerprint density at radius 1 is 1.40 bits per heavy atom. The minimum absolute atomic E-state index is 0.141. The zero-order valence-corrected chi connectivity index (χ0v) is 10.9. The Balaban J connectivity index is 2.32. The summed E-state index contributed by atoms with van der Waals surface area (Å²) in [5, 5.41) is 13.3. The first kappa shape index (κ1) is 13.6. The summed E-state index contributed by atoms with van der Waals surface area (Å²) in [6.07, 6.45) is 1.40. The molecule has 0 spiro atoms. The average Bonchev–Trinajstić information content (AvgIpc) is 2.84. The summed E-state index contributed by atoms with van der Waals surface area (Å²) in [7, 11) is 1.41. The lowest BCUT2D eigenvalue weighted by molar-refractivity contribution is -0.384. The fraction of sp³-hybridized carbons (Fsp3) is 0.154. The summed E-state index contributed by atoms with van der Waals surface area (Å²) in [5.74, 6) is -0.0157. The van der Waals surface area contributed by atoms with Gasteiger partial charge in [-0.15, -0.1) is 0 Å². The third-order valence-electron chi connectivity index (χ3n) is 2.71. The van der Waals surface area contributed by atoms with Crippen LogP contribution in [-0.4, -0.2) is 17.9 Å². The van der Waals surface area contributed by atoms with Crippen LogP contribution in [0, 0.1) is 17.0 Å². The highest BCUT2D eigenvalue weighted by molar-refractivity contribution is 6.04. The van der Waals surface area contributed by atoms with Crippen LogP contribution in [0.3, 0.4) is 0 Å². The number of amides is 1. The van der Waals surface area contributed by atoms with E-state index >= 15 is 0 Å². The molecule has 0 aliphatic carbocycles. The Bertz CT molecular complexity index is 663. The van der Waals surface area contributed by atoms with Gasteiger partial charge in [0.15, 0.2) is 5.76 Å². The first-order chi connectivity index (χ1) is 9.52. The molecule has 0 bridgehead atoms. The van der Waals surface area contributed by atoms with Crippen molar-refractivity contribution < 1.29 is 18.9 Å². The summed E-state index contributed by atoms with van der Waals surface area (Å²) in [6.45, 7) is 1.73. The van der Waals surface area contributed by atoms with Gasteiger partial charge in [0.05, 0.1) is 24.0 Å². The Morgan fingerprint density at radius 3 is 2.70 bits per heavy atom. The molecule has 7 nitrogen and oxygen atoms in total. The highest BCUT2D eigenvalue weighted by Gasteiger charge is 2.17. The van der Waals surface area contributed by atoms with E-state index in [1.807, 2.05) is 0 Å². The minimum Gasteiger partial charge on any atom is -0.495 e. The summed E-state index contributed by atoms with van der Waals surface area (Å²) < 4.78 is 10.1. The Morgan fingerprint density at radius 2 is 2.15 bits per heavy atom. The number of nitrogens with zero attached hydrogens (tertiary/aromatic N) is 1. The number of carbonyl (C=O) groups is 1. The Kier molecular flexibility index (Phi) is 3.69. The van der Waals surface area contributed by atoms with Gasteiger partial charge in [0, 0.05) is 17.7 Å². The molecule has 0 saturated carbocycles.